The van der Waals surface area contributed by atoms with Gasteiger partial charge in [-0.25, -0.2) is 4.39 Å². The van der Waals surface area contributed by atoms with Crippen molar-refractivity contribution in [3.63, 3.8) is 0 Å². The Hall–Kier alpha value is -4.64. The lowest BCUT2D eigenvalue weighted by Crippen LogP contribution is -2.24. The van der Waals surface area contributed by atoms with Gasteiger partial charge in [-0.2, -0.15) is 15.0 Å². The molecule has 0 saturated carbocycles. The molecule has 2 aromatic carbocycles. The molecule has 0 saturated heterocycles. The molecule has 1 heterocycles. The number of rotatable bonds is 40. The highest BCUT2D eigenvalue weighted by atomic mass is 19.1. The van der Waals surface area contributed by atoms with Crippen molar-refractivity contribution in [2.45, 2.75) is 45.7 Å². The zero-order valence-corrected chi connectivity index (χ0v) is 36.6. The molecular weight excluding hydrogens is 824 g/mol. The fourth-order valence-electron chi connectivity index (χ4n) is 5.13. The van der Waals surface area contributed by atoms with Crippen molar-refractivity contribution in [1.29, 1.82) is 0 Å². The average Bonchev–Trinajstić information content (AvgIpc) is 3.28. The summed E-state index contributed by atoms with van der Waals surface area (Å²) in [6, 6.07) is 13.3. The summed E-state index contributed by atoms with van der Waals surface area (Å²) < 4.78 is 62.5. The van der Waals surface area contributed by atoms with Gasteiger partial charge in [0, 0.05) is 39.1 Å². The maximum atomic E-state index is 13.6. The highest BCUT2D eigenvalue weighted by Gasteiger charge is 2.09. The van der Waals surface area contributed by atoms with Gasteiger partial charge in [-0.1, -0.05) is 37.6 Å². The van der Waals surface area contributed by atoms with Crippen LogP contribution in [0, 0.1) is 5.82 Å². The van der Waals surface area contributed by atoms with E-state index in [2.05, 4.69) is 43.1 Å². The second kappa shape index (κ2) is 35.8. The van der Waals surface area contributed by atoms with Gasteiger partial charge in [0.15, 0.2) is 0 Å². The van der Waals surface area contributed by atoms with E-state index in [4.69, 9.17) is 48.4 Å². The van der Waals surface area contributed by atoms with Crippen LogP contribution in [-0.4, -0.2) is 152 Å². The van der Waals surface area contributed by atoms with Crippen molar-refractivity contribution in [3.8, 4) is 5.75 Å². The molecule has 0 aliphatic carbocycles. The third kappa shape index (κ3) is 27.9. The first-order valence-electron chi connectivity index (χ1n) is 21.6. The number of nitrogens with zero attached hydrogens (tertiary/aromatic N) is 3. The van der Waals surface area contributed by atoms with Crippen molar-refractivity contribution in [1.82, 2.24) is 20.3 Å². The van der Waals surface area contributed by atoms with Crippen LogP contribution in [0.25, 0.3) is 0 Å². The average molecular weight is 891 g/mol. The summed E-state index contributed by atoms with van der Waals surface area (Å²) in [6.45, 7) is 11.1. The summed E-state index contributed by atoms with van der Waals surface area (Å²) >= 11 is 0. The van der Waals surface area contributed by atoms with Crippen LogP contribution in [0.1, 0.15) is 43.7 Å². The van der Waals surface area contributed by atoms with Gasteiger partial charge in [0.1, 0.15) is 11.6 Å². The standard InChI is InChI=1S/C43H67FN8O11/c1-2-3-14-46-41-50-42(52-43(51-41)49-34-36-5-4-6-37(44)32-36)47-15-19-58-23-20-55-16-11-39(53)48-33-35-7-9-38(10-8-35)63-40(54)12-17-56-21-24-59-26-28-61-30-31-62-29-27-60-25-22-57-18-13-45/h4-10,32H,2-3,11-31,33-34,45H2,1H3,(H,48,53)(H3,46,47,49,50,51,52). The minimum absolute atomic E-state index is 0.0976. The molecule has 0 radical (unpaired) electrons. The van der Waals surface area contributed by atoms with Crippen molar-refractivity contribution in [2.24, 2.45) is 5.73 Å². The van der Waals surface area contributed by atoms with Crippen LogP contribution in [-0.2, 0) is 60.6 Å². The number of hydrogen-bond donors (Lipinski definition) is 5. The van der Waals surface area contributed by atoms with E-state index in [1.807, 2.05) is 6.07 Å². The molecule has 19 nitrogen and oxygen atoms in total. The second-order valence-corrected chi connectivity index (χ2v) is 13.6. The molecule has 20 heteroatoms. The van der Waals surface area contributed by atoms with Gasteiger partial charge in [0.2, 0.25) is 23.8 Å². The highest BCUT2D eigenvalue weighted by molar-refractivity contribution is 5.76. The molecule has 1 aromatic heterocycles. The Bertz CT molecular complexity index is 1630. The van der Waals surface area contributed by atoms with E-state index in [1.54, 1.807) is 30.3 Å². The number of nitrogens with one attached hydrogen (secondary N) is 4. The molecule has 6 N–H and O–H groups in total. The summed E-state index contributed by atoms with van der Waals surface area (Å²) in [5, 5.41) is 12.3. The summed E-state index contributed by atoms with van der Waals surface area (Å²) in [5.74, 6) is 0.714. The SMILES string of the molecule is CCCCNc1nc(NCCOCCOCCC(=O)NCc2ccc(OC(=O)CCOCCOCCOCCOCCOCCOCCN)cc2)nc(NCc2cccc(F)c2)n1. The Morgan fingerprint density at radius 3 is 1.63 bits per heavy atom. The van der Waals surface area contributed by atoms with E-state index >= 15 is 0 Å². The number of aromatic nitrogens is 3. The topological polar surface area (TPSA) is 230 Å². The van der Waals surface area contributed by atoms with Crippen LogP contribution < -0.4 is 31.7 Å². The number of amides is 1. The molecular formula is C43H67FN8O11. The second-order valence-electron chi connectivity index (χ2n) is 13.6. The molecule has 0 bridgehead atoms. The first-order valence-corrected chi connectivity index (χ1v) is 21.6. The minimum atomic E-state index is -0.413. The van der Waals surface area contributed by atoms with E-state index in [1.165, 1.54) is 12.1 Å². The van der Waals surface area contributed by atoms with E-state index in [-0.39, 0.29) is 37.8 Å². The van der Waals surface area contributed by atoms with Crippen LogP contribution in [0.5, 0.6) is 5.75 Å². The van der Waals surface area contributed by atoms with Crippen LogP contribution in [0.3, 0.4) is 0 Å². The molecule has 0 spiro atoms. The predicted molar refractivity (Wildman–Crippen MR) is 234 cm³/mol. The molecule has 0 atom stereocenters. The van der Waals surface area contributed by atoms with Gasteiger partial charge in [-0.3, -0.25) is 9.59 Å². The number of esters is 1. The third-order valence-corrected chi connectivity index (χ3v) is 8.38. The van der Waals surface area contributed by atoms with E-state index in [9.17, 15) is 14.0 Å². The van der Waals surface area contributed by atoms with E-state index < -0.39 is 5.97 Å². The number of nitrogens with two attached hydrogens (primary N) is 1. The first kappa shape index (κ1) is 52.7. The van der Waals surface area contributed by atoms with Gasteiger partial charge in [-0.05, 0) is 41.8 Å². The number of benzene rings is 2. The van der Waals surface area contributed by atoms with E-state index in [0.29, 0.717) is 142 Å². The summed E-state index contributed by atoms with van der Waals surface area (Å²) in [5.41, 5.74) is 6.96. The fraction of sp³-hybridized carbons (Fsp3) is 0.605. The number of ether oxygens (including phenoxy) is 9. The maximum absolute atomic E-state index is 13.6. The van der Waals surface area contributed by atoms with Crippen molar-refractivity contribution >= 4 is 29.7 Å². The molecule has 3 aromatic rings. The molecule has 0 aliphatic rings. The third-order valence-electron chi connectivity index (χ3n) is 8.38. The molecule has 1 amide bonds. The number of hydrogen-bond acceptors (Lipinski definition) is 18. The Kier molecular flexibility index (Phi) is 29.9. The van der Waals surface area contributed by atoms with Gasteiger partial charge < -0.3 is 69.6 Å². The van der Waals surface area contributed by atoms with Crippen LogP contribution in [0.2, 0.25) is 0 Å². The van der Waals surface area contributed by atoms with E-state index in [0.717, 1.165) is 30.5 Å². The van der Waals surface area contributed by atoms with Crippen LogP contribution in [0.4, 0.5) is 22.2 Å². The largest absolute Gasteiger partial charge is 0.426 e. The number of unbranched alkanes of at least 4 members (excludes halogenated alkanes) is 1. The van der Waals surface area contributed by atoms with Crippen LogP contribution in [0.15, 0.2) is 48.5 Å². The van der Waals surface area contributed by atoms with Gasteiger partial charge in [0.05, 0.1) is 112 Å². The first-order chi connectivity index (χ1) is 30.9. The lowest BCUT2D eigenvalue weighted by molar-refractivity contribution is -0.135. The Morgan fingerprint density at radius 1 is 0.571 bits per heavy atom. The highest BCUT2D eigenvalue weighted by Crippen LogP contribution is 2.14. The van der Waals surface area contributed by atoms with Crippen molar-refractivity contribution in [2.75, 3.05) is 141 Å². The minimum Gasteiger partial charge on any atom is -0.426 e. The van der Waals surface area contributed by atoms with Crippen molar-refractivity contribution in [3.05, 3.63) is 65.5 Å². The normalized spacial score (nSPS) is 11.1. The molecule has 0 aliphatic heterocycles. The maximum Gasteiger partial charge on any atom is 0.313 e. The molecule has 3 rings (SSSR count). The number of anilines is 3. The number of carbonyl (C=O) groups is 2. The van der Waals surface area contributed by atoms with Gasteiger partial charge in [-0.15, -0.1) is 0 Å². The number of carbonyl (C=O) groups excluding carboxylic acids is 2. The molecule has 0 unspecified atom stereocenters. The smallest absolute Gasteiger partial charge is 0.313 e. The quantitative estimate of drug-likeness (QED) is 0.0313. The lowest BCUT2D eigenvalue weighted by atomic mass is 10.2. The summed E-state index contributed by atoms with van der Waals surface area (Å²) in [7, 11) is 0. The molecule has 352 valence electrons. The Labute approximate surface area is 369 Å². The number of halogens is 1. The monoisotopic (exact) mass is 890 g/mol. The zero-order chi connectivity index (χ0) is 44.8. The summed E-state index contributed by atoms with van der Waals surface area (Å²) in [4.78, 5) is 37.8. The van der Waals surface area contributed by atoms with Crippen molar-refractivity contribution < 1.29 is 56.6 Å². The zero-order valence-electron chi connectivity index (χ0n) is 36.6. The fourth-order valence-corrected chi connectivity index (χ4v) is 5.13. The van der Waals surface area contributed by atoms with Gasteiger partial charge >= 0.3 is 5.97 Å². The lowest BCUT2D eigenvalue weighted by Gasteiger charge is -2.12. The summed E-state index contributed by atoms with van der Waals surface area (Å²) in [6.07, 6.45) is 2.30. The molecule has 63 heavy (non-hydrogen) atoms. The van der Waals surface area contributed by atoms with Gasteiger partial charge in [0.25, 0.3) is 0 Å². The Morgan fingerprint density at radius 2 is 1.08 bits per heavy atom. The predicted octanol–water partition coefficient (Wildman–Crippen LogP) is 3.34. The van der Waals surface area contributed by atoms with Crippen LogP contribution >= 0.6 is 0 Å². The molecule has 0 fully saturated rings. The Balaban J connectivity index is 1.12.